The summed E-state index contributed by atoms with van der Waals surface area (Å²) in [5.74, 6) is 2.27. The van der Waals surface area contributed by atoms with Crippen molar-refractivity contribution in [2.75, 3.05) is 33.1 Å². The van der Waals surface area contributed by atoms with Crippen molar-refractivity contribution < 1.29 is 14.3 Å². The molecule has 24 heavy (non-hydrogen) atoms. The molecule has 2 aromatic rings. The molecule has 0 saturated carbocycles. The Bertz CT molecular complexity index is 665. The maximum atomic E-state index is 12.9. The predicted octanol–water partition coefficient (Wildman–Crippen LogP) is 4.09. The van der Waals surface area contributed by atoms with Crippen LogP contribution in [0.5, 0.6) is 11.5 Å². The molecule has 1 amide bonds. The van der Waals surface area contributed by atoms with Gasteiger partial charge in [-0.15, -0.1) is 11.3 Å². The lowest BCUT2D eigenvalue weighted by molar-refractivity contribution is 0.0766. The largest absolute Gasteiger partial charge is 0.497 e. The number of carbonyl (C=O) groups is 1. The molecular formula is C18H21NO3S2. The normalized spacial score (nSPS) is 18.1. The van der Waals surface area contributed by atoms with Crippen LogP contribution in [0.2, 0.25) is 0 Å². The summed E-state index contributed by atoms with van der Waals surface area (Å²) in [6.07, 6.45) is 0.984. The average molecular weight is 364 g/mol. The number of nitrogens with zero attached hydrogens (tertiary/aromatic N) is 1. The van der Waals surface area contributed by atoms with Gasteiger partial charge < -0.3 is 14.4 Å². The third-order valence-corrected chi connectivity index (χ3v) is 6.53. The van der Waals surface area contributed by atoms with Crippen molar-refractivity contribution in [2.24, 2.45) is 0 Å². The molecule has 0 spiro atoms. The van der Waals surface area contributed by atoms with Gasteiger partial charge in [-0.2, -0.15) is 11.8 Å². The van der Waals surface area contributed by atoms with Crippen LogP contribution in [0.4, 0.5) is 0 Å². The van der Waals surface area contributed by atoms with Crippen LogP contribution in [0.15, 0.2) is 35.7 Å². The molecule has 0 radical (unpaired) electrons. The van der Waals surface area contributed by atoms with Gasteiger partial charge >= 0.3 is 0 Å². The first-order chi connectivity index (χ1) is 11.7. The van der Waals surface area contributed by atoms with E-state index in [0.29, 0.717) is 22.3 Å². The Labute approximate surface area is 150 Å². The van der Waals surface area contributed by atoms with Gasteiger partial charge in [0.1, 0.15) is 11.5 Å². The topological polar surface area (TPSA) is 38.8 Å². The smallest absolute Gasteiger partial charge is 0.254 e. The molecule has 1 aliphatic rings. The highest BCUT2D eigenvalue weighted by Gasteiger charge is 2.24. The highest BCUT2D eigenvalue weighted by Crippen LogP contribution is 2.37. The Balaban J connectivity index is 1.73. The third kappa shape index (κ3) is 3.87. The molecule has 4 nitrogen and oxygen atoms in total. The number of carbonyl (C=O) groups excluding carboxylic acids is 1. The molecule has 1 aliphatic heterocycles. The first-order valence-electron chi connectivity index (χ1n) is 7.88. The highest BCUT2D eigenvalue weighted by atomic mass is 32.2. The number of thiophene rings is 1. The minimum atomic E-state index is 0.0413. The van der Waals surface area contributed by atoms with Gasteiger partial charge in [-0.1, -0.05) is 6.07 Å². The maximum Gasteiger partial charge on any atom is 0.254 e. The van der Waals surface area contributed by atoms with Gasteiger partial charge in [0.2, 0.25) is 0 Å². The lowest BCUT2D eigenvalue weighted by Gasteiger charge is -2.21. The molecule has 0 N–H and O–H groups in total. The fraction of sp³-hybridized carbons (Fsp3) is 0.389. The number of hydrogen-bond donors (Lipinski definition) is 0. The lowest BCUT2D eigenvalue weighted by Crippen LogP contribution is -2.33. The van der Waals surface area contributed by atoms with E-state index in [4.69, 9.17) is 9.47 Å². The minimum absolute atomic E-state index is 0.0413. The van der Waals surface area contributed by atoms with E-state index in [1.54, 1.807) is 43.8 Å². The monoisotopic (exact) mass is 363 g/mol. The van der Waals surface area contributed by atoms with E-state index in [1.807, 2.05) is 16.7 Å². The number of rotatable bonds is 4. The van der Waals surface area contributed by atoms with Crippen molar-refractivity contribution in [3.05, 3.63) is 46.2 Å². The molecule has 6 heteroatoms. The second kappa shape index (κ2) is 7.94. The zero-order chi connectivity index (χ0) is 16.9. The molecule has 1 aromatic carbocycles. The van der Waals surface area contributed by atoms with Gasteiger partial charge in [0, 0.05) is 40.6 Å². The van der Waals surface area contributed by atoms with Crippen molar-refractivity contribution in [3.8, 4) is 11.5 Å². The molecule has 1 fully saturated rings. The van der Waals surface area contributed by atoms with Gasteiger partial charge in [-0.05, 0) is 30.0 Å². The first-order valence-corrected chi connectivity index (χ1v) is 9.81. The van der Waals surface area contributed by atoms with Crippen LogP contribution in [-0.4, -0.2) is 43.9 Å². The van der Waals surface area contributed by atoms with Crippen LogP contribution in [0.25, 0.3) is 0 Å². The Kier molecular flexibility index (Phi) is 5.68. The van der Waals surface area contributed by atoms with Crippen molar-refractivity contribution in [2.45, 2.75) is 11.7 Å². The van der Waals surface area contributed by atoms with Crippen molar-refractivity contribution in [1.82, 2.24) is 4.90 Å². The van der Waals surface area contributed by atoms with Gasteiger partial charge in [0.05, 0.1) is 14.2 Å². The second-order valence-corrected chi connectivity index (χ2v) is 7.85. The molecule has 3 rings (SSSR count). The standard InChI is InChI=1S/C18H21NO3S2/c1-21-14-10-13(11-15(12-14)22-2)18(20)19-6-5-17(24-9-7-19)16-4-3-8-23-16/h3-4,8,10-12,17H,5-7,9H2,1-2H3. The Hall–Kier alpha value is -1.66. The van der Waals surface area contributed by atoms with E-state index in [1.165, 1.54) is 4.88 Å². The van der Waals surface area contributed by atoms with E-state index in [9.17, 15) is 4.79 Å². The van der Waals surface area contributed by atoms with Gasteiger partial charge in [-0.3, -0.25) is 4.79 Å². The van der Waals surface area contributed by atoms with Crippen LogP contribution in [0.3, 0.4) is 0 Å². The zero-order valence-corrected chi connectivity index (χ0v) is 15.5. The second-order valence-electron chi connectivity index (χ2n) is 5.56. The Morgan fingerprint density at radius 2 is 1.92 bits per heavy atom. The summed E-state index contributed by atoms with van der Waals surface area (Å²) in [4.78, 5) is 16.2. The van der Waals surface area contributed by atoms with E-state index >= 15 is 0 Å². The van der Waals surface area contributed by atoms with E-state index in [2.05, 4.69) is 17.5 Å². The number of hydrogen-bond acceptors (Lipinski definition) is 5. The van der Waals surface area contributed by atoms with Crippen LogP contribution in [0, 0.1) is 0 Å². The quantitative estimate of drug-likeness (QED) is 0.820. The van der Waals surface area contributed by atoms with E-state index in [-0.39, 0.29) is 5.91 Å². The molecular weight excluding hydrogens is 342 g/mol. The van der Waals surface area contributed by atoms with Crippen LogP contribution >= 0.6 is 23.1 Å². The van der Waals surface area contributed by atoms with Crippen LogP contribution in [-0.2, 0) is 0 Å². The Morgan fingerprint density at radius 3 is 2.54 bits per heavy atom. The van der Waals surface area contributed by atoms with Crippen molar-refractivity contribution in [1.29, 1.82) is 0 Å². The number of methoxy groups -OCH3 is 2. The fourth-order valence-electron chi connectivity index (χ4n) is 2.79. The van der Waals surface area contributed by atoms with E-state index in [0.717, 1.165) is 25.3 Å². The summed E-state index contributed by atoms with van der Waals surface area (Å²) in [5, 5.41) is 2.61. The molecule has 0 bridgehead atoms. The summed E-state index contributed by atoms with van der Waals surface area (Å²) < 4.78 is 10.5. The summed E-state index contributed by atoms with van der Waals surface area (Å²) >= 11 is 3.74. The molecule has 1 atom stereocenters. The minimum Gasteiger partial charge on any atom is -0.497 e. The summed E-state index contributed by atoms with van der Waals surface area (Å²) in [6.45, 7) is 1.54. The molecule has 1 saturated heterocycles. The summed E-state index contributed by atoms with van der Waals surface area (Å²) in [7, 11) is 3.19. The zero-order valence-electron chi connectivity index (χ0n) is 13.9. The summed E-state index contributed by atoms with van der Waals surface area (Å²) in [6, 6.07) is 9.62. The predicted molar refractivity (Wildman–Crippen MR) is 99.6 cm³/mol. The maximum absolute atomic E-state index is 12.9. The van der Waals surface area contributed by atoms with Crippen molar-refractivity contribution >= 4 is 29.0 Å². The number of amides is 1. The summed E-state index contributed by atoms with van der Waals surface area (Å²) in [5.41, 5.74) is 0.616. The molecule has 0 aliphatic carbocycles. The average Bonchev–Trinajstić information content (AvgIpc) is 3.05. The van der Waals surface area contributed by atoms with Gasteiger partial charge in [-0.25, -0.2) is 0 Å². The Morgan fingerprint density at radius 1 is 1.17 bits per heavy atom. The third-order valence-electron chi connectivity index (χ3n) is 4.09. The first kappa shape index (κ1) is 17.2. The molecule has 128 valence electrons. The number of thioether (sulfide) groups is 1. The van der Waals surface area contributed by atoms with Crippen molar-refractivity contribution in [3.63, 3.8) is 0 Å². The van der Waals surface area contributed by atoms with Gasteiger partial charge in [0.15, 0.2) is 0 Å². The molecule has 1 unspecified atom stereocenters. The lowest BCUT2D eigenvalue weighted by atomic mass is 10.1. The van der Waals surface area contributed by atoms with Crippen LogP contribution in [0.1, 0.15) is 26.9 Å². The highest BCUT2D eigenvalue weighted by molar-refractivity contribution is 7.99. The van der Waals surface area contributed by atoms with Crippen LogP contribution < -0.4 is 9.47 Å². The fourth-order valence-corrected chi connectivity index (χ4v) is 5.03. The molecule has 1 aromatic heterocycles. The molecule has 2 heterocycles. The van der Waals surface area contributed by atoms with Gasteiger partial charge in [0.25, 0.3) is 5.91 Å². The number of ether oxygens (including phenoxy) is 2. The SMILES string of the molecule is COc1cc(OC)cc(C(=O)N2CCSC(c3cccs3)CC2)c1. The van der Waals surface area contributed by atoms with E-state index < -0.39 is 0 Å². The number of benzene rings is 1.